The van der Waals surface area contributed by atoms with Gasteiger partial charge in [-0.1, -0.05) is 0 Å². The SMILES string of the molecule is Cc1ncc(CNc2ccc3c(c2)NC(=O)CS3)[nH]1. The monoisotopic (exact) mass is 274 g/mol. The molecule has 0 saturated carbocycles. The number of imidazole rings is 1. The molecule has 3 rings (SSSR count). The first-order valence-electron chi connectivity index (χ1n) is 6.02. The minimum Gasteiger partial charge on any atom is -0.379 e. The molecule has 1 aromatic carbocycles. The Kier molecular flexibility index (Phi) is 3.16. The van der Waals surface area contributed by atoms with E-state index >= 15 is 0 Å². The molecular weight excluding hydrogens is 260 g/mol. The van der Waals surface area contributed by atoms with Crippen LogP contribution in [0.5, 0.6) is 0 Å². The van der Waals surface area contributed by atoms with Gasteiger partial charge in [-0.2, -0.15) is 0 Å². The number of carbonyl (C=O) groups is 1. The summed E-state index contributed by atoms with van der Waals surface area (Å²) in [6.45, 7) is 2.61. The third-order valence-electron chi connectivity index (χ3n) is 2.85. The van der Waals surface area contributed by atoms with E-state index in [1.807, 2.05) is 31.3 Å². The number of hydrogen-bond donors (Lipinski definition) is 3. The highest BCUT2D eigenvalue weighted by atomic mass is 32.2. The van der Waals surface area contributed by atoms with Crippen LogP contribution in [0.3, 0.4) is 0 Å². The fourth-order valence-corrected chi connectivity index (χ4v) is 2.74. The number of aryl methyl sites for hydroxylation is 1. The number of nitrogens with zero attached hydrogens (tertiary/aromatic N) is 1. The number of hydrogen-bond acceptors (Lipinski definition) is 4. The number of carbonyl (C=O) groups excluding carboxylic acids is 1. The van der Waals surface area contributed by atoms with Gasteiger partial charge in [-0.15, -0.1) is 11.8 Å². The van der Waals surface area contributed by atoms with E-state index in [0.717, 1.165) is 27.8 Å². The van der Waals surface area contributed by atoms with Crippen molar-refractivity contribution in [3.8, 4) is 0 Å². The summed E-state index contributed by atoms with van der Waals surface area (Å²) in [6.07, 6.45) is 1.82. The highest BCUT2D eigenvalue weighted by Gasteiger charge is 2.15. The molecule has 1 amide bonds. The summed E-state index contributed by atoms with van der Waals surface area (Å²) in [4.78, 5) is 19.8. The number of thioether (sulfide) groups is 1. The molecular formula is C13H14N4OS. The van der Waals surface area contributed by atoms with Crippen LogP contribution < -0.4 is 10.6 Å². The fraction of sp³-hybridized carbons (Fsp3) is 0.231. The molecule has 5 nitrogen and oxygen atoms in total. The van der Waals surface area contributed by atoms with E-state index in [1.165, 1.54) is 0 Å². The van der Waals surface area contributed by atoms with Crippen LogP contribution in [0.25, 0.3) is 0 Å². The van der Waals surface area contributed by atoms with Crippen LogP contribution in [0.15, 0.2) is 29.3 Å². The van der Waals surface area contributed by atoms with Gasteiger partial charge >= 0.3 is 0 Å². The number of fused-ring (bicyclic) bond motifs is 1. The third kappa shape index (κ3) is 2.73. The number of amides is 1. The molecule has 19 heavy (non-hydrogen) atoms. The first-order valence-corrected chi connectivity index (χ1v) is 7.00. The second kappa shape index (κ2) is 4.97. The predicted molar refractivity (Wildman–Crippen MR) is 76.4 cm³/mol. The van der Waals surface area contributed by atoms with Crippen LogP contribution in [0.2, 0.25) is 0 Å². The maximum Gasteiger partial charge on any atom is 0.234 e. The molecule has 0 spiro atoms. The Hall–Kier alpha value is -1.95. The third-order valence-corrected chi connectivity index (χ3v) is 3.92. The topological polar surface area (TPSA) is 69.8 Å². The largest absolute Gasteiger partial charge is 0.379 e. The summed E-state index contributed by atoms with van der Waals surface area (Å²) in [6, 6.07) is 6.01. The van der Waals surface area contributed by atoms with Gasteiger partial charge in [0, 0.05) is 10.6 Å². The summed E-state index contributed by atoms with van der Waals surface area (Å²) in [5, 5.41) is 6.19. The molecule has 1 aromatic heterocycles. The Morgan fingerprint density at radius 1 is 1.47 bits per heavy atom. The van der Waals surface area contributed by atoms with Crippen molar-refractivity contribution in [2.45, 2.75) is 18.4 Å². The quantitative estimate of drug-likeness (QED) is 0.803. The summed E-state index contributed by atoms with van der Waals surface area (Å²) in [5.41, 5.74) is 2.90. The van der Waals surface area contributed by atoms with Gasteiger partial charge in [0.15, 0.2) is 0 Å². The highest BCUT2D eigenvalue weighted by Crippen LogP contribution is 2.33. The first-order chi connectivity index (χ1) is 9.20. The summed E-state index contributed by atoms with van der Waals surface area (Å²) < 4.78 is 0. The van der Waals surface area contributed by atoms with Crippen LogP contribution in [-0.2, 0) is 11.3 Å². The molecule has 2 heterocycles. The number of benzene rings is 1. The van der Waals surface area contributed by atoms with Crippen LogP contribution in [0, 0.1) is 6.92 Å². The lowest BCUT2D eigenvalue weighted by Gasteiger charge is -2.17. The van der Waals surface area contributed by atoms with Crippen molar-refractivity contribution in [2.24, 2.45) is 0 Å². The average molecular weight is 274 g/mol. The Balaban J connectivity index is 1.71. The fourth-order valence-electron chi connectivity index (χ4n) is 1.95. The Bertz CT molecular complexity index is 623. The summed E-state index contributed by atoms with van der Waals surface area (Å²) in [5.74, 6) is 1.46. The number of nitrogens with one attached hydrogen (secondary N) is 3. The van der Waals surface area contributed by atoms with E-state index in [9.17, 15) is 4.79 Å². The number of H-pyrrole nitrogens is 1. The maximum atomic E-state index is 11.4. The van der Waals surface area contributed by atoms with Crippen molar-refractivity contribution in [1.82, 2.24) is 9.97 Å². The van der Waals surface area contributed by atoms with Crippen molar-refractivity contribution in [2.75, 3.05) is 16.4 Å². The lowest BCUT2D eigenvalue weighted by molar-refractivity contribution is -0.113. The molecule has 6 heteroatoms. The lowest BCUT2D eigenvalue weighted by atomic mass is 10.2. The normalized spacial score (nSPS) is 13.8. The van der Waals surface area contributed by atoms with E-state index in [1.54, 1.807) is 11.8 Å². The zero-order valence-electron chi connectivity index (χ0n) is 10.5. The van der Waals surface area contributed by atoms with Crippen LogP contribution in [-0.4, -0.2) is 21.6 Å². The highest BCUT2D eigenvalue weighted by molar-refractivity contribution is 8.00. The molecule has 2 aromatic rings. The Labute approximate surface area is 115 Å². The summed E-state index contributed by atoms with van der Waals surface area (Å²) in [7, 11) is 0. The molecule has 1 aliphatic heterocycles. The van der Waals surface area contributed by atoms with Gasteiger partial charge in [0.1, 0.15) is 5.82 Å². The Morgan fingerprint density at radius 3 is 3.16 bits per heavy atom. The maximum absolute atomic E-state index is 11.4. The number of aromatic nitrogens is 2. The van der Waals surface area contributed by atoms with Crippen molar-refractivity contribution in [3.05, 3.63) is 35.9 Å². The lowest BCUT2D eigenvalue weighted by Crippen LogP contribution is -2.18. The van der Waals surface area contributed by atoms with Gasteiger partial charge in [0.05, 0.1) is 29.9 Å². The van der Waals surface area contributed by atoms with Gasteiger partial charge in [-0.3, -0.25) is 4.79 Å². The smallest absolute Gasteiger partial charge is 0.234 e. The van der Waals surface area contributed by atoms with Crippen molar-refractivity contribution in [1.29, 1.82) is 0 Å². The molecule has 0 atom stereocenters. The predicted octanol–water partition coefficient (Wildman–Crippen LogP) is 2.37. The molecule has 0 unspecified atom stereocenters. The summed E-state index contributed by atoms with van der Waals surface area (Å²) >= 11 is 1.57. The second-order valence-corrected chi connectivity index (χ2v) is 5.41. The average Bonchev–Trinajstić information content (AvgIpc) is 2.81. The molecule has 0 radical (unpaired) electrons. The molecule has 0 bridgehead atoms. The first kappa shape index (κ1) is 12.1. The molecule has 0 fully saturated rings. The Morgan fingerprint density at radius 2 is 2.37 bits per heavy atom. The van der Waals surface area contributed by atoms with Crippen molar-refractivity contribution >= 4 is 29.0 Å². The molecule has 98 valence electrons. The minimum atomic E-state index is 0.0545. The van der Waals surface area contributed by atoms with Crippen LogP contribution in [0.1, 0.15) is 11.5 Å². The molecule has 1 aliphatic rings. The number of anilines is 2. The van der Waals surface area contributed by atoms with Crippen LogP contribution >= 0.6 is 11.8 Å². The van der Waals surface area contributed by atoms with E-state index in [4.69, 9.17) is 0 Å². The van der Waals surface area contributed by atoms with E-state index < -0.39 is 0 Å². The van der Waals surface area contributed by atoms with E-state index in [0.29, 0.717) is 12.3 Å². The van der Waals surface area contributed by atoms with Gasteiger partial charge in [0.2, 0.25) is 5.91 Å². The second-order valence-electron chi connectivity index (χ2n) is 4.40. The molecule has 3 N–H and O–H groups in total. The van der Waals surface area contributed by atoms with E-state index in [2.05, 4.69) is 20.6 Å². The van der Waals surface area contributed by atoms with Crippen molar-refractivity contribution < 1.29 is 4.79 Å². The minimum absolute atomic E-state index is 0.0545. The van der Waals surface area contributed by atoms with Crippen LogP contribution in [0.4, 0.5) is 11.4 Å². The van der Waals surface area contributed by atoms with Gasteiger partial charge in [0.25, 0.3) is 0 Å². The number of rotatable bonds is 3. The number of aromatic amines is 1. The zero-order chi connectivity index (χ0) is 13.2. The molecule has 0 saturated heterocycles. The van der Waals surface area contributed by atoms with E-state index in [-0.39, 0.29) is 5.91 Å². The molecule has 0 aliphatic carbocycles. The van der Waals surface area contributed by atoms with Crippen molar-refractivity contribution in [3.63, 3.8) is 0 Å². The zero-order valence-corrected chi connectivity index (χ0v) is 11.3. The van der Waals surface area contributed by atoms with Gasteiger partial charge in [-0.25, -0.2) is 4.98 Å². The van der Waals surface area contributed by atoms with Gasteiger partial charge in [-0.05, 0) is 25.1 Å². The van der Waals surface area contributed by atoms with Gasteiger partial charge < -0.3 is 15.6 Å². The standard InChI is InChI=1S/C13H14N4OS/c1-8-14-5-10(16-8)6-15-9-2-3-12-11(4-9)17-13(18)7-19-12/h2-5,15H,6-7H2,1H3,(H,14,16)(H,17,18).